The predicted octanol–water partition coefficient (Wildman–Crippen LogP) is 4.38. The number of nitrogens with one attached hydrogen (secondary N) is 1. The van der Waals surface area contributed by atoms with Crippen molar-refractivity contribution in [3.8, 4) is 5.69 Å². The molecular weight excluding hydrogens is 407 g/mol. The first-order valence-corrected chi connectivity index (χ1v) is 9.46. The molecule has 0 unspecified atom stereocenters. The molecule has 2 aromatic carbocycles. The summed E-state index contributed by atoms with van der Waals surface area (Å²) >= 11 is 0. The molecule has 0 saturated carbocycles. The van der Waals surface area contributed by atoms with Crippen molar-refractivity contribution in [1.82, 2.24) is 25.1 Å². The summed E-state index contributed by atoms with van der Waals surface area (Å²) in [5, 5.41) is 6.74. The predicted molar refractivity (Wildman–Crippen MR) is 109 cm³/mol. The Bertz CT molecular complexity index is 1280. The van der Waals surface area contributed by atoms with Gasteiger partial charge in [-0.3, -0.25) is 9.78 Å². The molecule has 4 aromatic rings. The molecule has 0 aliphatic heterocycles. The first-order chi connectivity index (χ1) is 14.7. The average molecular weight is 425 g/mol. The van der Waals surface area contributed by atoms with Crippen LogP contribution in [0, 0.1) is 13.8 Å². The summed E-state index contributed by atoms with van der Waals surface area (Å²) in [6, 6.07) is 12.7. The van der Waals surface area contributed by atoms with E-state index in [-0.39, 0.29) is 17.8 Å². The van der Waals surface area contributed by atoms with Crippen molar-refractivity contribution in [2.24, 2.45) is 0 Å². The van der Waals surface area contributed by atoms with Gasteiger partial charge in [0, 0.05) is 12.2 Å². The third-order valence-corrected chi connectivity index (χ3v) is 4.77. The smallest absolute Gasteiger partial charge is 0.347 e. The highest BCUT2D eigenvalue weighted by Crippen LogP contribution is 2.33. The van der Waals surface area contributed by atoms with Gasteiger partial charge in [0.2, 0.25) is 0 Å². The van der Waals surface area contributed by atoms with Gasteiger partial charge in [0.05, 0.1) is 34.2 Å². The number of carbonyl (C=O) groups excluding carboxylic acids is 1. The molecule has 0 atom stereocenters. The number of rotatable bonds is 4. The van der Waals surface area contributed by atoms with Crippen LogP contribution in [-0.4, -0.2) is 25.7 Å². The molecule has 0 aliphatic carbocycles. The summed E-state index contributed by atoms with van der Waals surface area (Å²) in [6.45, 7) is 3.24. The Labute approximate surface area is 175 Å². The van der Waals surface area contributed by atoms with E-state index in [1.807, 2.05) is 0 Å². The number of alkyl halides is 3. The van der Waals surface area contributed by atoms with E-state index in [1.54, 1.807) is 50.2 Å². The van der Waals surface area contributed by atoms with Crippen LogP contribution in [0.2, 0.25) is 0 Å². The van der Waals surface area contributed by atoms with Crippen molar-refractivity contribution in [2.75, 3.05) is 0 Å². The van der Waals surface area contributed by atoms with E-state index in [0.717, 1.165) is 11.8 Å². The van der Waals surface area contributed by atoms with Gasteiger partial charge in [0.1, 0.15) is 5.69 Å². The van der Waals surface area contributed by atoms with Crippen LogP contribution in [0.25, 0.3) is 16.7 Å². The molecule has 0 saturated heterocycles. The SMILES string of the molecule is Cc1cc(C)n(-c2ccc(CNC(=O)c3cnc4ccccc4n3)c(C(F)(F)F)c2)n1. The molecule has 6 nitrogen and oxygen atoms in total. The van der Waals surface area contributed by atoms with Gasteiger partial charge in [-0.05, 0) is 49.7 Å². The van der Waals surface area contributed by atoms with Crippen molar-refractivity contribution in [3.05, 3.63) is 82.9 Å². The quantitative estimate of drug-likeness (QED) is 0.527. The number of aryl methyl sites for hydroxylation is 2. The number of halogens is 3. The van der Waals surface area contributed by atoms with Crippen LogP contribution in [0.3, 0.4) is 0 Å². The lowest BCUT2D eigenvalue weighted by Gasteiger charge is -2.16. The fourth-order valence-electron chi connectivity index (χ4n) is 3.34. The standard InChI is InChI=1S/C22H18F3N5O/c1-13-9-14(2)30(29-13)16-8-7-15(17(10-16)22(23,24)25)11-27-21(31)20-12-26-18-5-3-4-6-19(18)28-20/h3-10,12H,11H2,1-2H3,(H,27,31). The lowest BCUT2D eigenvalue weighted by molar-refractivity contribution is -0.138. The monoisotopic (exact) mass is 425 g/mol. The second-order valence-corrected chi connectivity index (χ2v) is 7.10. The summed E-state index contributed by atoms with van der Waals surface area (Å²) < 4.78 is 42.6. The van der Waals surface area contributed by atoms with Crippen LogP contribution < -0.4 is 5.32 Å². The van der Waals surface area contributed by atoms with Gasteiger partial charge in [-0.15, -0.1) is 0 Å². The Morgan fingerprint density at radius 2 is 1.81 bits per heavy atom. The summed E-state index contributed by atoms with van der Waals surface area (Å²) in [4.78, 5) is 20.8. The van der Waals surface area contributed by atoms with Crippen LogP contribution in [-0.2, 0) is 12.7 Å². The van der Waals surface area contributed by atoms with Crippen molar-refractivity contribution >= 4 is 16.9 Å². The third kappa shape index (κ3) is 4.25. The van der Waals surface area contributed by atoms with Crippen molar-refractivity contribution < 1.29 is 18.0 Å². The Morgan fingerprint density at radius 3 is 2.48 bits per heavy atom. The van der Waals surface area contributed by atoms with Crippen LogP contribution in [0.4, 0.5) is 13.2 Å². The van der Waals surface area contributed by atoms with Crippen LogP contribution >= 0.6 is 0 Å². The number of para-hydroxylation sites is 2. The molecule has 2 heterocycles. The largest absolute Gasteiger partial charge is 0.416 e. The zero-order valence-electron chi connectivity index (χ0n) is 16.7. The Hall–Kier alpha value is -3.75. The van der Waals surface area contributed by atoms with Gasteiger partial charge in [0.15, 0.2) is 0 Å². The maximum atomic E-state index is 13.7. The summed E-state index contributed by atoms with van der Waals surface area (Å²) in [5.41, 5.74) is 2.03. The number of amides is 1. The maximum Gasteiger partial charge on any atom is 0.416 e. The zero-order chi connectivity index (χ0) is 22.2. The number of nitrogens with zero attached hydrogens (tertiary/aromatic N) is 4. The molecule has 4 rings (SSSR count). The number of hydrogen-bond acceptors (Lipinski definition) is 4. The minimum atomic E-state index is -4.59. The van der Waals surface area contributed by atoms with Crippen molar-refractivity contribution in [2.45, 2.75) is 26.6 Å². The van der Waals surface area contributed by atoms with E-state index < -0.39 is 17.6 Å². The normalized spacial score (nSPS) is 11.6. The molecule has 1 amide bonds. The van der Waals surface area contributed by atoms with Crippen molar-refractivity contribution in [1.29, 1.82) is 0 Å². The molecule has 0 radical (unpaired) electrons. The van der Waals surface area contributed by atoms with Gasteiger partial charge in [-0.25, -0.2) is 9.67 Å². The van der Waals surface area contributed by atoms with Gasteiger partial charge in [-0.1, -0.05) is 18.2 Å². The lowest BCUT2D eigenvalue weighted by atomic mass is 10.1. The van der Waals surface area contributed by atoms with E-state index >= 15 is 0 Å². The molecule has 1 N–H and O–H groups in total. The molecule has 0 bridgehead atoms. The molecule has 31 heavy (non-hydrogen) atoms. The highest BCUT2D eigenvalue weighted by atomic mass is 19.4. The molecular formula is C22H18F3N5O. The average Bonchev–Trinajstić information content (AvgIpc) is 3.08. The van der Waals surface area contributed by atoms with Crippen molar-refractivity contribution in [3.63, 3.8) is 0 Å². The fraction of sp³-hybridized carbons (Fsp3) is 0.182. The second-order valence-electron chi connectivity index (χ2n) is 7.10. The van der Waals surface area contributed by atoms with E-state index in [4.69, 9.17) is 0 Å². The Morgan fingerprint density at radius 1 is 1.06 bits per heavy atom. The molecule has 158 valence electrons. The first kappa shape index (κ1) is 20.5. The molecule has 0 spiro atoms. The van der Waals surface area contributed by atoms with Gasteiger partial charge >= 0.3 is 6.18 Å². The van der Waals surface area contributed by atoms with E-state index in [0.29, 0.717) is 22.4 Å². The maximum absolute atomic E-state index is 13.7. The van der Waals surface area contributed by atoms with E-state index in [1.165, 1.54) is 16.9 Å². The minimum absolute atomic E-state index is 0.0338. The van der Waals surface area contributed by atoms with E-state index in [9.17, 15) is 18.0 Å². The zero-order valence-corrected chi connectivity index (χ0v) is 16.7. The molecule has 0 fully saturated rings. The molecule has 0 aliphatic rings. The fourth-order valence-corrected chi connectivity index (χ4v) is 3.34. The first-order valence-electron chi connectivity index (χ1n) is 9.46. The number of benzene rings is 2. The van der Waals surface area contributed by atoms with Crippen LogP contribution in [0.15, 0.2) is 54.7 Å². The van der Waals surface area contributed by atoms with Crippen LogP contribution in [0.1, 0.15) is 33.0 Å². The third-order valence-electron chi connectivity index (χ3n) is 4.77. The number of carbonyl (C=O) groups is 1. The highest BCUT2D eigenvalue weighted by Gasteiger charge is 2.34. The topological polar surface area (TPSA) is 72.7 Å². The van der Waals surface area contributed by atoms with E-state index in [2.05, 4.69) is 20.4 Å². The van der Waals surface area contributed by atoms with Crippen LogP contribution in [0.5, 0.6) is 0 Å². The summed E-state index contributed by atoms with van der Waals surface area (Å²) in [7, 11) is 0. The summed E-state index contributed by atoms with van der Waals surface area (Å²) in [5.74, 6) is -0.603. The van der Waals surface area contributed by atoms with Gasteiger partial charge in [0.25, 0.3) is 5.91 Å². The number of fused-ring (bicyclic) bond motifs is 1. The Kier molecular flexibility index (Phi) is 5.18. The minimum Gasteiger partial charge on any atom is -0.347 e. The summed E-state index contributed by atoms with van der Waals surface area (Å²) in [6.07, 6.45) is -3.29. The molecule has 2 aromatic heterocycles. The lowest BCUT2D eigenvalue weighted by Crippen LogP contribution is -2.25. The highest BCUT2D eigenvalue weighted by molar-refractivity contribution is 5.93. The van der Waals surface area contributed by atoms with Gasteiger partial charge in [-0.2, -0.15) is 18.3 Å². The number of hydrogen-bond donors (Lipinski definition) is 1. The molecule has 9 heteroatoms. The Balaban J connectivity index is 1.59. The number of aromatic nitrogens is 4. The second kappa shape index (κ2) is 7.82. The van der Waals surface area contributed by atoms with Gasteiger partial charge < -0.3 is 5.32 Å².